The molecule has 1 aromatic carbocycles. The number of aryl methyl sites for hydroxylation is 1. The number of hydrogen-bond acceptors (Lipinski definition) is 6. The molecule has 1 aliphatic heterocycles. The number of amides is 2. The average Bonchev–Trinajstić information content (AvgIpc) is 3.05. The lowest BCUT2D eigenvalue weighted by atomic mass is 10.1. The van der Waals surface area contributed by atoms with Crippen molar-refractivity contribution in [3.05, 3.63) is 47.3 Å². The van der Waals surface area contributed by atoms with E-state index in [9.17, 15) is 9.59 Å². The van der Waals surface area contributed by atoms with Crippen LogP contribution in [0.2, 0.25) is 0 Å². The molecular weight excluding hydrogens is 336 g/mol. The molecular formula is C18H22N4O4. The number of carbonyl (C=O) groups excluding carboxylic acids is 2. The summed E-state index contributed by atoms with van der Waals surface area (Å²) in [4.78, 5) is 27.4. The molecule has 2 N–H and O–H groups in total. The first-order chi connectivity index (χ1) is 12.5. The SMILES string of the molecule is Cc1cc(CN2CCN(C(=O)c3ccc(OCC(N)=O)cc3)CC2)on1. The first-order valence-corrected chi connectivity index (χ1v) is 8.46. The average molecular weight is 358 g/mol. The molecule has 1 aliphatic rings. The Morgan fingerprint density at radius 3 is 2.46 bits per heavy atom. The van der Waals surface area contributed by atoms with E-state index in [0.29, 0.717) is 30.9 Å². The Balaban J connectivity index is 1.50. The van der Waals surface area contributed by atoms with Crippen molar-refractivity contribution in [2.75, 3.05) is 32.8 Å². The van der Waals surface area contributed by atoms with Crippen molar-refractivity contribution in [1.82, 2.24) is 15.0 Å². The molecule has 0 aliphatic carbocycles. The maximum atomic E-state index is 12.6. The van der Waals surface area contributed by atoms with Gasteiger partial charge in [0, 0.05) is 37.8 Å². The molecule has 0 atom stereocenters. The van der Waals surface area contributed by atoms with Crippen LogP contribution in [0.3, 0.4) is 0 Å². The molecule has 2 amide bonds. The van der Waals surface area contributed by atoms with E-state index in [0.717, 1.165) is 24.5 Å². The Morgan fingerprint density at radius 2 is 1.88 bits per heavy atom. The smallest absolute Gasteiger partial charge is 0.255 e. The Hall–Kier alpha value is -2.87. The molecule has 2 aromatic rings. The monoisotopic (exact) mass is 358 g/mol. The van der Waals surface area contributed by atoms with E-state index in [1.165, 1.54) is 0 Å². The number of benzene rings is 1. The predicted octanol–water partition coefficient (Wildman–Crippen LogP) is 0.805. The minimum Gasteiger partial charge on any atom is -0.484 e. The summed E-state index contributed by atoms with van der Waals surface area (Å²) in [6, 6.07) is 8.65. The Labute approximate surface area is 151 Å². The van der Waals surface area contributed by atoms with Gasteiger partial charge in [0.15, 0.2) is 12.4 Å². The zero-order valence-corrected chi connectivity index (χ0v) is 14.7. The van der Waals surface area contributed by atoms with Gasteiger partial charge in [0.1, 0.15) is 5.75 Å². The quantitative estimate of drug-likeness (QED) is 0.820. The van der Waals surface area contributed by atoms with E-state index < -0.39 is 5.91 Å². The van der Waals surface area contributed by atoms with Crippen molar-refractivity contribution < 1.29 is 18.8 Å². The number of nitrogens with zero attached hydrogens (tertiary/aromatic N) is 3. The number of rotatable bonds is 6. The highest BCUT2D eigenvalue weighted by atomic mass is 16.5. The van der Waals surface area contributed by atoms with Crippen LogP contribution in [0.4, 0.5) is 0 Å². The summed E-state index contributed by atoms with van der Waals surface area (Å²) in [6.07, 6.45) is 0. The van der Waals surface area contributed by atoms with Gasteiger partial charge in [-0.25, -0.2) is 0 Å². The van der Waals surface area contributed by atoms with E-state index in [1.54, 1.807) is 24.3 Å². The van der Waals surface area contributed by atoms with Gasteiger partial charge in [-0.05, 0) is 31.2 Å². The van der Waals surface area contributed by atoms with Gasteiger partial charge < -0.3 is 19.9 Å². The topological polar surface area (TPSA) is 102 Å². The van der Waals surface area contributed by atoms with Crippen molar-refractivity contribution >= 4 is 11.8 Å². The second-order valence-electron chi connectivity index (χ2n) is 6.28. The molecule has 0 unspecified atom stereocenters. The van der Waals surface area contributed by atoms with Gasteiger partial charge >= 0.3 is 0 Å². The predicted molar refractivity (Wildman–Crippen MR) is 93.6 cm³/mol. The highest BCUT2D eigenvalue weighted by Crippen LogP contribution is 2.16. The van der Waals surface area contributed by atoms with Crippen LogP contribution >= 0.6 is 0 Å². The number of hydrogen-bond donors (Lipinski definition) is 1. The minimum absolute atomic E-state index is 0.0124. The van der Waals surface area contributed by atoms with E-state index in [4.69, 9.17) is 15.0 Å². The van der Waals surface area contributed by atoms with Crippen LogP contribution in [0.25, 0.3) is 0 Å². The summed E-state index contributed by atoms with van der Waals surface area (Å²) in [5, 5.41) is 3.89. The fraction of sp³-hybridized carbons (Fsp3) is 0.389. The van der Waals surface area contributed by atoms with Crippen LogP contribution in [0.5, 0.6) is 5.75 Å². The van der Waals surface area contributed by atoms with E-state index in [1.807, 2.05) is 17.9 Å². The molecule has 0 radical (unpaired) electrons. The van der Waals surface area contributed by atoms with Crippen molar-refractivity contribution in [2.24, 2.45) is 5.73 Å². The maximum Gasteiger partial charge on any atom is 0.255 e. The normalized spacial score (nSPS) is 15.0. The molecule has 1 saturated heterocycles. The van der Waals surface area contributed by atoms with Crippen molar-refractivity contribution in [2.45, 2.75) is 13.5 Å². The molecule has 8 heteroatoms. The summed E-state index contributed by atoms with van der Waals surface area (Å²) >= 11 is 0. The lowest BCUT2D eigenvalue weighted by Crippen LogP contribution is -2.48. The van der Waals surface area contributed by atoms with Crippen molar-refractivity contribution in [3.8, 4) is 5.75 Å². The Morgan fingerprint density at radius 1 is 1.19 bits per heavy atom. The van der Waals surface area contributed by atoms with Gasteiger partial charge in [0.2, 0.25) is 0 Å². The zero-order valence-electron chi connectivity index (χ0n) is 14.7. The lowest BCUT2D eigenvalue weighted by molar-refractivity contribution is -0.119. The van der Waals surface area contributed by atoms with Gasteiger partial charge in [-0.3, -0.25) is 14.5 Å². The largest absolute Gasteiger partial charge is 0.484 e. The zero-order chi connectivity index (χ0) is 18.5. The third kappa shape index (κ3) is 4.60. The molecule has 1 aromatic heterocycles. The lowest BCUT2D eigenvalue weighted by Gasteiger charge is -2.34. The standard InChI is InChI=1S/C18H22N4O4/c1-13-10-16(26-20-13)11-21-6-8-22(9-7-21)18(24)14-2-4-15(5-3-14)25-12-17(19)23/h2-5,10H,6-9,11-12H2,1H3,(H2,19,23). The molecule has 0 saturated carbocycles. The van der Waals surface area contributed by atoms with E-state index in [-0.39, 0.29) is 12.5 Å². The summed E-state index contributed by atoms with van der Waals surface area (Å²) in [7, 11) is 0. The van der Waals surface area contributed by atoms with Crippen molar-refractivity contribution in [3.63, 3.8) is 0 Å². The number of nitrogens with two attached hydrogens (primary N) is 1. The molecule has 0 bridgehead atoms. The summed E-state index contributed by atoms with van der Waals surface area (Å²) in [5.74, 6) is 0.798. The summed E-state index contributed by atoms with van der Waals surface area (Å²) < 4.78 is 10.4. The van der Waals surface area contributed by atoms with Gasteiger partial charge in [-0.1, -0.05) is 5.16 Å². The van der Waals surface area contributed by atoms with Crippen LogP contribution in [0.1, 0.15) is 21.8 Å². The van der Waals surface area contributed by atoms with E-state index in [2.05, 4.69) is 10.1 Å². The third-order valence-corrected chi connectivity index (χ3v) is 4.20. The molecule has 3 rings (SSSR count). The van der Waals surface area contributed by atoms with Crippen LogP contribution in [0, 0.1) is 6.92 Å². The Bertz CT molecular complexity index is 764. The molecule has 2 heterocycles. The van der Waals surface area contributed by atoms with Gasteiger partial charge in [0.25, 0.3) is 11.8 Å². The summed E-state index contributed by atoms with van der Waals surface area (Å²) in [6.45, 7) is 5.30. The number of aromatic nitrogens is 1. The van der Waals surface area contributed by atoms with Crippen molar-refractivity contribution in [1.29, 1.82) is 0 Å². The maximum absolute atomic E-state index is 12.6. The first-order valence-electron chi connectivity index (χ1n) is 8.46. The highest BCUT2D eigenvalue weighted by molar-refractivity contribution is 5.94. The number of ether oxygens (including phenoxy) is 1. The fourth-order valence-electron chi connectivity index (χ4n) is 2.85. The molecule has 138 valence electrons. The number of primary amides is 1. The molecule has 0 spiro atoms. The van der Waals surface area contributed by atoms with Gasteiger partial charge in [-0.15, -0.1) is 0 Å². The van der Waals surface area contributed by atoms with Crippen LogP contribution in [-0.4, -0.2) is 59.6 Å². The number of carbonyl (C=O) groups is 2. The van der Waals surface area contributed by atoms with Crippen LogP contribution in [-0.2, 0) is 11.3 Å². The highest BCUT2D eigenvalue weighted by Gasteiger charge is 2.23. The van der Waals surface area contributed by atoms with E-state index >= 15 is 0 Å². The molecule has 26 heavy (non-hydrogen) atoms. The first kappa shape index (κ1) is 17.9. The van der Waals surface area contributed by atoms with Crippen LogP contribution < -0.4 is 10.5 Å². The van der Waals surface area contributed by atoms with Gasteiger partial charge in [-0.2, -0.15) is 0 Å². The Kier molecular flexibility index (Phi) is 5.52. The number of piperazine rings is 1. The third-order valence-electron chi connectivity index (χ3n) is 4.20. The molecule has 8 nitrogen and oxygen atoms in total. The molecule has 1 fully saturated rings. The second kappa shape index (κ2) is 8.01. The minimum atomic E-state index is -0.538. The summed E-state index contributed by atoms with van der Waals surface area (Å²) in [5.41, 5.74) is 6.50. The van der Waals surface area contributed by atoms with Crippen LogP contribution in [0.15, 0.2) is 34.9 Å². The fourth-order valence-corrected chi connectivity index (χ4v) is 2.85. The van der Waals surface area contributed by atoms with Gasteiger partial charge in [0.05, 0.1) is 12.2 Å². The second-order valence-corrected chi connectivity index (χ2v) is 6.28.